The minimum atomic E-state index is -0.464. The molecule has 2 fully saturated rings. The van der Waals surface area contributed by atoms with Gasteiger partial charge in [0.05, 0.1) is 0 Å². The molecule has 8 heteroatoms. The fraction of sp³-hybridized carbons (Fsp3) is 0.609. The first-order valence-electron chi connectivity index (χ1n) is 11.1. The smallest absolute Gasteiger partial charge is 0.407 e. The summed E-state index contributed by atoms with van der Waals surface area (Å²) >= 11 is 0. The lowest BCUT2D eigenvalue weighted by molar-refractivity contribution is -0.120. The molecule has 8 nitrogen and oxygen atoms in total. The molecule has 31 heavy (non-hydrogen) atoms. The van der Waals surface area contributed by atoms with Crippen molar-refractivity contribution >= 4 is 29.4 Å². The molecule has 3 rings (SSSR count). The zero-order valence-corrected chi connectivity index (χ0v) is 18.8. The monoisotopic (exact) mass is 430 g/mol. The molecule has 2 saturated heterocycles. The van der Waals surface area contributed by atoms with Gasteiger partial charge in [0.2, 0.25) is 5.91 Å². The zero-order valence-electron chi connectivity index (χ0n) is 18.8. The number of imide groups is 1. The standard InChI is InChI=1S/C23H34N4O4/c1-23(2,3)31-22(30)24-13-4-5-17-10-14-26(15-11-17)18-6-8-19(9-7-18)27-16-12-20(28)25-21(27)29/h6-9,17H,4-5,10-16H2,1-3H3,(H,24,30)(H,25,28,29). The van der Waals surface area contributed by atoms with E-state index in [0.717, 1.165) is 50.1 Å². The Balaban J connectivity index is 1.38. The van der Waals surface area contributed by atoms with Gasteiger partial charge in [-0.1, -0.05) is 0 Å². The lowest BCUT2D eigenvalue weighted by Gasteiger charge is -2.34. The van der Waals surface area contributed by atoms with Gasteiger partial charge in [0, 0.05) is 44.0 Å². The largest absolute Gasteiger partial charge is 0.444 e. The van der Waals surface area contributed by atoms with Crippen LogP contribution in [-0.4, -0.2) is 49.8 Å². The van der Waals surface area contributed by atoms with Crippen LogP contribution in [0.2, 0.25) is 0 Å². The fourth-order valence-electron chi connectivity index (χ4n) is 4.03. The summed E-state index contributed by atoms with van der Waals surface area (Å²) in [5, 5.41) is 5.18. The third-order valence-corrected chi connectivity index (χ3v) is 5.65. The Morgan fingerprint density at radius 1 is 1.10 bits per heavy atom. The van der Waals surface area contributed by atoms with Crippen LogP contribution in [0.25, 0.3) is 0 Å². The Kier molecular flexibility index (Phi) is 7.41. The van der Waals surface area contributed by atoms with Crippen LogP contribution in [-0.2, 0) is 9.53 Å². The van der Waals surface area contributed by atoms with E-state index in [4.69, 9.17) is 4.74 Å². The maximum Gasteiger partial charge on any atom is 0.407 e. The van der Waals surface area contributed by atoms with Crippen LogP contribution in [0.15, 0.2) is 24.3 Å². The van der Waals surface area contributed by atoms with Crippen molar-refractivity contribution in [1.29, 1.82) is 0 Å². The number of urea groups is 1. The van der Waals surface area contributed by atoms with Crippen LogP contribution in [0.4, 0.5) is 21.0 Å². The Morgan fingerprint density at radius 2 is 1.74 bits per heavy atom. The van der Waals surface area contributed by atoms with Gasteiger partial charge in [-0.15, -0.1) is 0 Å². The van der Waals surface area contributed by atoms with Gasteiger partial charge in [-0.25, -0.2) is 9.59 Å². The normalized spacial score (nSPS) is 18.0. The zero-order chi connectivity index (χ0) is 22.4. The van der Waals surface area contributed by atoms with Gasteiger partial charge in [-0.05, 0) is 76.6 Å². The highest BCUT2D eigenvalue weighted by molar-refractivity contribution is 6.05. The van der Waals surface area contributed by atoms with Crippen molar-refractivity contribution in [3.63, 3.8) is 0 Å². The van der Waals surface area contributed by atoms with E-state index in [1.54, 1.807) is 4.90 Å². The number of rotatable bonds is 6. The van der Waals surface area contributed by atoms with Crippen molar-refractivity contribution < 1.29 is 19.1 Å². The van der Waals surface area contributed by atoms with E-state index >= 15 is 0 Å². The number of amides is 4. The van der Waals surface area contributed by atoms with Crippen molar-refractivity contribution in [3.8, 4) is 0 Å². The van der Waals surface area contributed by atoms with Gasteiger partial charge in [-0.3, -0.25) is 15.0 Å². The first-order valence-corrected chi connectivity index (χ1v) is 11.1. The topological polar surface area (TPSA) is 91.0 Å². The summed E-state index contributed by atoms with van der Waals surface area (Å²) < 4.78 is 5.25. The number of benzene rings is 1. The van der Waals surface area contributed by atoms with E-state index in [-0.39, 0.29) is 18.0 Å². The van der Waals surface area contributed by atoms with Crippen molar-refractivity contribution in [3.05, 3.63) is 24.3 Å². The average molecular weight is 431 g/mol. The van der Waals surface area contributed by atoms with Crippen LogP contribution >= 0.6 is 0 Å². The molecule has 0 atom stereocenters. The third-order valence-electron chi connectivity index (χ3n) is 5.65. The second kappa shape index (κ2) is 10.0. The molecule has 2 aliphatic rings. The molecule has 2 aliphatic heterocycles. The number of piperidine rings is 1. The van der Waals surface area contributed by atoms with Crippen LogP contribution in [0.1, 0.15) is 52.9 Å². The molecular weight excluding hydrogens is 396 g/mol. The van der Waals surface area contributed by atoms with Crippen molar-refractivity contribution in [2.45, 2.75) is 58.5 Å². The van der Waals surface area contributed by atoms with Crippen LogP contribution in [0.5, 0.6) is 0 Å². The summed E-state index contributed by atoms with van der Waals surface area (Å²) in [6.07, 6.45) is 4.30. The maximum atomic E-state index is 12.0. The molecule has 0 aliphatic carbocycles. The van der Waals surface area contributed by atoms with Crippen molar-refractivity contribution in [2.24, 2.45) is 5.92 Å². The number of hydrogen-bond donors (Lipinski definition) is 2. The van der Waals surface area contributed by atoms with Gasteiger partial charge in [0.25, 0.3) is 0 Å². The second-order valence-corrected chi connectivity index (χ2v) is 9.27. The lowest BCUT2D eigenvalue weighted by Crippen LogP contribution is -2.49. The Labute approximate surface area is 184 Å². The highest BCUT2D eigenvalue weighted by Crippen LogP contribution is 2.28. The number of anilines is 2. The predicted molar refractivity (Wildman–Crippen MR) is 120 cm³/mol. The minimum absolute atomic E-state index is 0.221. The van der Waals surface area contributed by atoms with Crippen LogP contribution < -0.4 is 20.4 Å². The number of carbonyl (C=O) groups excluding carboxylic acids is 3. The van der Waals surface area contributed by atoms with Gasteiger partial charge in [-0.2, -0.15) is 0 Å². The van der Waals surface area contributed by atoms with E-state index in [1.165, 1.54) is 0 Å². The molecule has 2 N–H and O–H groups in total. The van der Waals surface area contributed by atoms with Crippen molar-refractivity contribution in [2.75, 3.05) is 36.0 Å². The van der Waals surface area contributed by atoms with Gasteiger partial charge < -0.3 is 15.0 Å². The number of alkyl carbamates (subject to hydrolysis) is 1. The molecular formula is C23H34N4O4. The number of carbonyl (C=O) groups is 3. The summed E-state index contributed by atoms with van der Waals surface area (Å²) in [4.78, 5) is 39.0. The Hall–Kier alpha value is -2.77. The first-order chi connectivity index (χ1) is 14.7. The van der Waals surface area contributed by atoms with Gasteiger partial charge >= 0.3 is 12.1 Å². The highest BCUT2D eigenvalue weighted by atomic mass is 16.6. The quantitative estimate of drug-likeness (QED) is 0.672. The number of nitrogens with one attached hydrogen (secondary N) is 2. The molecule has 4 amide bonds. The summed E-state index contributed by atoms with van der Waals surface area (Å²) in [6, 6.07) is 7.62. The molecule has 0 spiro atoms. The maximum absolute atomic E-state index is 12.0. The number of nitrogens with zero attached hydrogens (tertiary/aromatic N) is 2. The van der Waals surface area contributed by atoms with E-state index in [9.17, 15) is 14.4 Å². The Morgan fingerprint density at radius 3 is 2.35 bits per heavy atom. The molecule has 170 valence electrons. The lowest BCUT2D eigenvalue weighted by atomic mass is 9.92. The van der Waals surface area contributed by atoms with Crippen molar-refractivity contribution in [1.82, 2.24) is 10.6 Å². The Bertz CT molecular complexity index is 780. The average Bonchev–Trinajstić information content (AvgIpc) is 2.71. The fourth-order valence-corrected chi connectivity index (χ4v) is 4.03. The summed E-state index contributed by atoms with van der Waals surface area (Å²) in [6.45, 7) is 8.65. The third kappa shape index (κ3) is 6.87. The predicted octanol–water partition coefficient (Wildman–Crippen LogP) is 3.65. The highest BCUT2D eigenvalue weighted by Gasteiger charge is 2.25. The summed E-state index contributed by atoms with van der Waals surface area (Å²) in [7, 11) is 0. The number of hydrogen-bond acceptors (Lipinski definition) is 5. The molecule has 0 radical (unpaired) electrons. The minimum Gasteiger partial charge on any atom is -0.444 e. The summed E-state index contributed by atoms with van der Waals surface area (Å²) in [5.41, 5.74) is 1.50. The van der Waals surface area contributed by atoms with Crippen LogP contribution in [0.3, 0.4) is 0 Å². The molecule has 0 bridgehead atoms. The van der Waals surface area contributed by atoms with Gasteiger partial charge in [0.15, 0.2) is 0 Å². The molecule has 2 heterocycles. The molecule has 1 aromatic rings. The molecule has 0 aromatic heterocycles. The van der Waals surface area contributed by atoms with E-state index in [1.807, 2.05) is 45.0 Å². The second-order valence-electron chi connectivity index (χ2n) is 9.27. The molecule has 1 aromatic carbocycles. The molecule has 0 unspecified atom stereocenters. The van der Waals surface area contributed by atoms with E-state index in [2.05, 4.69) is 15.5 Å². The van der Waals surface area contributed by atoms with Crippen LogP contribution in [0, 0.1) is 5.92 Å². The van der Waals surface area contributed by atoms with E-state index < -0.39 is 5.60 Å². The number of ether oxygens (including phenoxy) is 1. The SMILES string of the molecule is CC(C)(C)OC(=O)NCCCC1CCN(c2ccc(N3CCC(=O)NC3=O)cc2)CC1. The van der Waals surface area contributed by atoms with Gasteiger partial charge in [0.1, 0.15) is 5.60 Å². The summed E-state index contributed by atoms with van der Waals surface area (Å²) in [5.74, 6) is 0.451. The van der Waals surface area contributed by atoms with E-state index in [0.29, 0.717) is 25.4 Å². The first kappa shape index (κ1) is 22.9. The molecule has 0 saturated carbocycles.